The standard InChI is InChI=1S/C52H87N9O16/c1-5-28(2)24-29(3)12-10-8-6-7-9-11-13-39(68)55-34-26-38(67)50(77-23-21-54)59-49(74)43-37(66)19-22-60(43)52(76)41(36(65)18-20-53)57-48(73)42(45(70)44(69)31-14-16-32(63)17-15-31)58-47(72)35-25-33(64)27-61(35)51(75)40(30(4)62)56-46(34)71/h14-17,28-30,33-38,40-45,50,62-67,69-70H,5-13,18-27,53-54H2,1-4H3,(H,55,68)(H,56,71)(H,57,73)(H,58,72)(H,59,74)/t28-,29+,30+,33+,34-,35-,36+,37-,38+,40-,41-,42-,43-,44-,45-,50+/m0/s1. The molecule has 3 heterocycles. The van der Waals surface area contributed by atoms with Gasteiger partial charge in [0.2, 0.25) is 41.4 Å². The van der Waals surface area contributed by atoms with Crippen molar-refractivity contribution in [1.29, 1.82) is 0 Å². The highest BCUT2D eigenvalue weighted by molar-refractivity contribution is 5.98. The first-order valence-electron chi connectivity index (χ1n) is 27.2. The number of rotatable bonds is 23. The molecule has 3 saturated heterocycles. The van der Waals surface area contributed by atoms with E-state index >= 15 is 0 Å². The number of nitrogens with two attached hydrogens (primary N) is 2. The van der Waals surface area contributed by atoms with Crippen LogP contribution in [0.2, 0.25) is 0 Å². The fraction of sp³-hybridized carbons (Fsp3) is 0.750. The highest BCUT2D eigenvalue weighted by Crippen LogP contribution is 2.27. The zero-order valence-electron chi connectivity index (χ0n) is 44.9. The Morgan fingerprint density at radius 1 is 0.727 bits per heavy atom. The third kappa shape index (κ3) is 18.8. The van der Waals surface area contributed by atoms with Crippen LogP contribution in [0.25, 0.3) is 0 Å². The highest BCUT2D eigenvalue weighted by Gasteiger charge is 2.49. The van der Waals surface area contributed by atoms with Crippen LogP contribution in [0.4, 0.5) is 0 Å². The molecule has 4 rings (SSSR count). The summed E-state index contributed by atoms with van der Waals surface area (Å²) in [5.41, 5.74) is 11.4. The predicted molar refractivity (Wildman–Crippen MR) is 278 cm³/mol. The van der Waals surface area contributed by atoms with E-state index in [0.29, 0.717) is 24.7 Å². The molecule has 3 aliphatic heterocycles. The van der Waals surface area contributed by atoms with Crippen molar-refractivity contribution < 1.29 is 79.2 Å². The molecule has 0 unspecified atom stereocenters. The Balaban J connectivity index is 1.73. The third-order valence-corrected chi connectivity index (χ3v) is 14.8. The molecular formula is C52H87N9O16. The Morgan fingerprint density at radius 3 is 1.99 bits per heavy atom. The van der Waals surface area contributed by atoms with E-state index in [4.69, 9.17) is 16.2 Å². The van der Waals surface area contributed by atoms with Crippen molar-refractivity contribution in [2.45, 2.75) is 203 Å². The van der Waals surface area contributed by atoms with Gasteiger partial charge in [-0.05, 0) is 68.7 Å². The molecule has 0 saturated carbocycles. The molecular weight excluding hydrogens is 1010 g/mol. The summed E-state index contributed by atoms with van der Waals surface area (Å²) < 4.78 is 5.73. The van der Waals surface area contributed by atoms with Crippen molar-refractivity contribution in [2.75, 3.05) is 32.8 Å². The smallest absolute Gasteiger partial charge is 0.248 e. The van der Waals surface area contributed by atoms with Crippen LogP contribution >= 0.6 is 0 Å². The van der Waals surface area contributed by atoms with Gasteiger partial charge < -0.3 is 93.4 Å². The molecule has 0 aromatic heterocycles. The number of amides is 7. The molecule has 16 atom stereocenters. The summed E-state index contributed by atoms with van der Waals surface area (Å²) in [4.78, 5) is 102. The molecule has 77 heavy (non-hydrogen) atoms. The number of ether oxygens (including phenoxy) is 1. The molecule has 0 radical (unpaired) electrons. The van der Waals surface area contributed by atoms with Gasteiger partial charge in [-0.1, -0.05) is 77.8 Å². The summed E-state index contributed by atoms with van der Waals surface area (Å²) >= 11 is 0. The van der Waals surface area contributed by atoms with Crippen LogP contribution in [-0.2, 0) is 38.3 Å². The number of carbonyl (C=O) groups excluding carboxylic acids is 7. The second-order valence-electron chi connectivity index (χ2n) is 21.1. The molecule has 1 aromatic rings. The number of hydrogen-bond donors (Lipinski definition) is 15. The fourth-order valence-electron chi connectivity index (χ4n) is 10.1. The molecule has 0 spiro atoms. The lowest BCUT2D eigenvalue weighted by Crippen LogP contribution is -2.64. The van der Waals surface area contributed by atoms with E-state index in [1.807, 2.05) is 0 Å². The Bertz CT molecular complexity index is 2070. The van der Waals surface area contributed by atoms with Gasteiger partial charge in [-0.3, -0.25) is 33.6 Å². The van der Waals surface area contributed by atoms with Gasteiger partial charge in [-0.15, -0.1) is 0 Å². The second kappa shape index (κ2) is 31.5. The van der Waals surface area contributed by atoms with E-state index in [0.717, 1.165) is 55.2 Å². The van der Waals surface area contributed by atoms with E-state index in [1.165, 1.54) is 30.7 Å². The van der Waals surface area contributed by atoms with Crippen LogP contribution in [0.1, 0.15) is 129 Å². The number of phenolic OH excluding ortho intramolecular Hbond substituents is 1. The van der Waals surface area contributed by atoms with Crippen molar-refractivity contribution in [3.8, 4) is 5.75 Å². The first kappa shape index (κ1) is 64.4. The normalized spacial score (nSPS) is 28.6. The Kier molecular flexibility index (Phi) is 26.4. The van der Waals surface area contributed by atoms with E-state index in [2.05, 4.69) is 47.4 Å². The number of hydrogen-bond acceptors (Lipinski definition) is 18. The van der Waals surface area contributed by atoms with Gasteiger partial charge in [0.1, 0.15) is 60.3 Å². The maximum Gasteiger partial charge on any atom is 0.248 e. The van der Waals surface area contributed by atoms with Crippen LogP contribution in [-0.4, -0.2) is 204 Å². The first-order valence-corrected chi connectivity index (χ1v) is 27.2. The predicted octanol–water partition coefficient (Wildman–Crippen LogP) is -2.88. The lowest BCUT2D eigenvalue weighted by atomic mass is 9.91. The molecule has 7 amide bonds. The number of phenols is 1. The lowest BCUT2D eigenvalue weighted by Gasteiger charge is -2.35. The number of unbranched alkanes of at least 4 members (excludes halogenated alkanes) is 5. The lowest BCUT2D eigenvalue weighted by molar-refractivity contribution is -0.149. The molecule has 0 bridgehead atoms. The molecule has 25 heteroatoms. The van der Waals surface area contributed by atoms with Crippen LogP contribution in [0.5, 0.6) is 5.75 Å². The van der Waals surface area contributed by atoms with Gasteiger partial charge in [0.15, 0.2) is 6.23 Å². The first-order chi connectivity index (χ1) is 36.5. The summed E-state index contributed by atoms with van der Waals surface area (Å²) in [6.07, 6.45) is -7.55. The van der Waals surface area contributed by atoms with Gasteiger partial charge in [0.25, 0.3) is 0 Å². The number of fused-ring (bicyclic) bond motifs is 2. The molecule has 1 aromatic carbocycles. The van der Waals surface area contributed by atoms with E-state index in [1.54, 1.807) is 0 Å². The van der Waals surface area contributed by atoms with E-state index in [-0.39, 0.29) is 56.8 Å². The molecule has 3 fully saturated rings. The fourth-order valence-corrected chi connectivity index (χ4v) is 10.1. The zero-order valence-corrected chi connectivity index (χ0v) is 44.9. The van der Waals surface area contributed by atoms with Gasteiger partial charge in [0, 0.05) is 38.9 Å². The number of benzene rings is 1. The minimum absolute atomic E-state index is 0.0414. The Labute approximate surface area is 450 Å². The van der Waals surface area contributed by atoms with Gasteiger partial charge in [-0.2, -0.15) is 0 Å². The number of nitrogens with zero attached hydrogens (tertiary/aromatic N) is 2. The summed E-state index contributed by atoms with van der Waals surface area (Å²) in [6, 6.07) is -6.54. The summed E-state index contributed by atoms with van der Waals surface area (Å²) in [5, 5.41) is 101. The minimum Gasteiger partial charge on any atom is -0.508 e. The maximum atomic E-state index is 14.6. The van der Waals surface area contributed by atoms with Crippen LogP contribution in [0, 0.1) is 11.8 Å². The van der Waals surface area contributed by atoms with Gasteiger partial charge in [-0.25, -0.2) is 0 Å². The average Bonchev–Trinajstić information content (AvgIpc) is 3.99. The number of aliphatic hydroxyl groups excluding tert-OH is 7. The molecule has 17 N–H and O–H groups in total. The number of aromatic hydroxyl groups is 1. The maximum absolute atomic E-state index is 14.6. The van der Waals surface area contributed by atoms with Crippen LogP contribution in [0.3, 0.4) is 0 Å². The molecule has 3 aliphatic rings. The van der Waals surface area contributed by atoms with Crippen molar-refractivity contribution in [3.05, 3.63) is 29.8 Å². The molecule has 436 valence electrons. The Morgan fingerprint density at radius 2 is 1.35 bits per heavy atom. The summed E-state index contributed by atoms with van der Waals surface area (Å²) in [7, 11) is 0. The van der Waals surface area contributed by atoms with E-state index < -0.39 is 146 Å². The highest BCUT2D eigenvalue weighted by atomic mass is 16.5. The van der Waals surface area contributed by atoms with Crippen molar-refractivity contribution >= 4 is 41.4 Å². The van der Waals surface area contributed by atoms with E-state index in [9.17, 15) is 74.4 Å². The summed E-state index contributed by atoms with van der Waals surface area (Å²) in [5.74, 6) is -6.60. The quantitative estimate of drug-likeness (QED) is 0.0489. The van der Waals surface area contributed by atoms with Crippen LogP contribution < -0.4 is 38.1 Å². The van der Waals surface area contributed by atoms with Crippen LogP contribution in [0.15, 0.2) is 24.3 Å². The monoisotopic (exact) mass is 1090 g/mol. The average molecular weight is 1090 g/mol. The minimum atomic E-state index is -2.29. The van der Waals surface area contributed by atoms with Crippen molar-refractivity contribution in [1.82, 2.24) is 36.4 Å². The van der Waals surface area contributed by atoms with Gasteiger partial charge >= 0.3 is 0 Å². The second-order valence-corrected chi connectivity index (χ2v) is 21.1. The topological polar surface area (TPSA) is 409 Å². The molecule has 25 nitrogen and oxygen atoms in total. The largest absolute Gasteiger partial charge is 0.508 e. The SMILES string of the molecule is CC[C@H](C)C[C@H](C)CCCCCCCCC(=O)N[C@H]1C[C@@H](O)[C@@H](OCCN)NC(=O)[C@@H]2[C@@H](O)CCN2C(=O)[C@H]([C@H](O)CCN)NC(=O)[C@H]([C@H](O)[C@@H](O)c2ccc(O)cc2)NC(=O)[C@@H]2C[C@@H](O)CN2C(=O)[C@H]([C@@H](C)O)NC1=O. The number of nitrogens with one attached hydrogen (secondary N) is 5. The Hall–Kier alpha value is -5.09. The number of aliphatic hydroxyl groups is 7. The third-order valence-electron chi connectivity index (χ3n) is 14.8. The zero-order chi connectivity index (χ0) is 57.1. The van der Waals surface area contributed by atoms with Crippen molar-refractivity contribution in [2.24, 2.45) is 23.3 Å². The van der Waals surface area contributed by atoms with Crippen molar-refractivity contribution in [3.63, 3.8) is 0 Å². The van der Waals surface area contributed by atoms with Gasteiger partial charge in [0.05, 0.1) is 31.0 Å². The summed E-state index contributed by atoms with van der Waals surface area (Å²) in [6.45, 7) is 6.32. The molecule has 0 aliphatic carbocycles. The number of carbonyl (C=O) groups is 7.